The first-order valence-electron chi connectivity index (χ1n) is 12.8. The maximum Gasteiger partial charge on any atom is 0.126 e. The van der Waals surface area contributed by atoms with Crippen LogP contribution in [0.2, 0.25) is 0 Å². The molecule has 1 aliphatic rings. The molecule has 2 unspecified atom stereocenters. The highest BCUT2D eigenvalue weighted by atomic mass is 16.3. The topological polar surface area (TPSA) is 44.6 Å². The Bertz CT molecular complexity index is 370. The van der Waals surface area contributed by atoms with E-state index in [1.54, 1.807) is 0 Å². The van der Waals surface area contributed by atoms with Crippen LogP contribution in [0.4, 0.5) is 0 Å². The summed E-state index contributed by atoms with van der Waals surface area (Å²) >= 11 is 0. The first-order valence-corrected chi connectivity index (χ1v) is 12.8. The Balaban J connectivity index is 1.82. The van der Waals surface area contributed by atoms with E-state index in [0.29, 0.717) is 5.92 Å². The van der Waals surface area contributed by atoms with Crippen molar-refractivity contribution in [3.8, 4) is 0 Å². The zero-order valence-corrected chi connectivity index (χ0v) is 19.2. The Kier molecular flexibility index (Phi) is 16.8. The van der Waals surface area contributed by atoms with Crippen molar-refractivity contribution in [3.05, 3.63) is 0 Å². The number of nitrogens with one attached hydrogen (secondary N) is 1. The summed E-state index contributed by atoms with van der Waals surface area (Å²) in [6, 6.07) is 0. The van der Waals surface area contributed by atoms with Crippen molar-refractivity contribution in [3.63, 3.8) is 0 Å². The van der Waals surface area contributed by atoms with E-state index in [4.69, 9.17) is 0 Å². The molecule has 0 bridgehead atoms. The Morgan fingerprint density at radius 2 is 1.21 bits per heavy atom. The lowest BCUT2D eigenvalue weighted by atomic mass is 9.92. The van der Waals surface area contributed by atoms with E-state index >= 15 is 0 Å². The maximum absolute atomic E-state index is 10.4. The lowest BCUT2D eigenvalue weighted by molar-refractivity contribution is 0.155. The maximum atomic E-state index is 10.4. The first kappa shape index (κ1) is 25.5. The normalized spacial score (nSPS) is 16.0. The molecule has 2 N–H and O–H groups in total. The van der Waals surface area contributed by atoms with Gasteiger partial charge < -0.3 is 10.4 Å². The number of amidine groups is 1. The minimum absolute atomic E-state index is 0.371. The van der Waals surface area contributed by atoms with Gasteiger partial charge in [0.1, 0.15) is 11.9 Å². The van der Waals surface area contributed by atoms with Gasteiger partial charge in [-0.3, -0.25) is 4.99 Å². The predicted molar refractivity (Wildman–Crippen MR) is 124 cm³/mol. The summed E-state index contributed by atoms with van der Waals surface area (Å²) < 4.78 is 0. The molecular weight excluding hydrogens is 344 g/mol. The lowest BCUT2D eigenvalue weighted by Crippen LogP contribution is -2.36. The summed E-state index contributed by atoms with van der Waals surface area (Å²) in [7, 11) is 0. The highest BCUT2D eigenvalue weighted by Crippen LogP contribution is 2.20. The highest BCUT2D eigenvalue weighted by Gasteiger charge is 2.23. The largest absolute Gasteiger partial charge is 0.385 e. The molecule has 3 nitrogen and oxygen atoms in total. The van der Waals surface area contributed by atoms with Gasteiger partial charge in [-0.05, 0) is 12.3 Å². The fourth-order valence-electron chi connectivity index (χ4n) is 4.38. The Morgan fingerprint density at radius 1 is 0.750 bits per heavy atom. The van der Waals surface area contributed by atoms with Crippen molar-refractivity contribution in [1.29, 1.82) is 0 Å². The van der Waals surface area contributed by atoms with Gasteiger partial charge in [-0.1, -0.05) is 123 Å². The SMILES string of the molecule is CCCCCCCCCCCCCCCCCCC(CC)C(O)C1=NCCN1. The number of hydrogen-bond donors (Lipinski definition) is 2. The average Bonchev–Trinajstić information content (AvgIpc) is 3.25. The smallest absolute Gasteiger partial charge is 0.126 e. The fourth-order valence-corrected chi connectivity index (χ4v) is 4.38. The summed E-state index contributed by atoms with van der Waals surface area (Å²) in [6.45, 7) is 6.19. The van der Waals surface area contributed by atoms with Gasteiger partial charge in [0.25, 0.3) is 0 Å². The molecule has 1 rings (SSSR count). The van der Waals surface area contributed by atoms with Crippen LogP contribution in [0.3, 0.4) is 0 Å². The molecule has 166 valence electrons. The quantitative estimate of drug-likeness (QED) is 0.218. The summed E-state index contributed by atoms with van der Waals surface area (Å²) in [4.78, 5) is 4.38. The van der Waals surface area contributed by atoms with Gasteiger partial charge in [-0.25, -0.2) is 0 Å². The zero-order chi connectivity index (χ0) is 20.3. The van der Waals surface area contributed by atoms with Gasteiger partial charge in [-0.2, -0.15) is 0 Å². The molecule has 0 saturated carbocycles. The minimum Gasteiger partial charge on any atom is -0.385 e. The molecule has 1 heterocycles. The summed E-state index contributed by atoms with van der Waals surface area (Å²) in [5.74, 6) is 1.21. The second kappa shape index (κ2) is 18.5. The molecule has 0 amide bonds. The number of nitrogens with zero attached hydrogens (tertiary/aromatic N) is 1. The standard InChI is InChI=1S/C25H50N2O/c1-3-5-6-7-8-9-10-11-12-13-14-15-16-17-18-19-20-23(4-2)24(28)25-26-21-22-27-25/h23-24,28H,3-22H2,1-2H3,(H,26,27). The average molecular weight is 395 g/mol. The lowest BCUT2D eigenvalue weighted by Gasteiger charge is -2.21. The first-order chi connectivity index (χ1) is 13.8. The van der Waals surface area contributed by atoms with Crippen LogP contribution >= 0.6 is 0 Å². The van der Waals surface area contributed by atoms with Gasteiger partial charge in [0.05, 0.1) is 6.54 Å². The second-order valence-electron chi connectivity index (χ2n) is 8.90. The number of rotatable bonds is 20. The predicted octanol–water partition coefficient (Wildman–Crippen LogP) is 7.03. The summed E-state index contributed by atoms with van der Waals surface area (Å²) in [5.41, 5.74) is 0. The molecule has 0 spiro atoms. The number of aliphatic hydroxyl groups is 1. The number of aliphatic hydroxyl groups excluding tert-OH is 1. The molecule has 1 aliphatic heterocycles. The monoisotopic (exact) mass is 394 g/mol. The molecule has 0 aromatic carbocycles. The molecule has 3 heteroatoms. The van der Waals surface area contributed by atoms with Crippen LogP contribution in [0.5, 0.6) is 0 Å². The van der Waals surface area contributed by atoms with E-state index in [0.717, 1.165) is 31.8 Å². The second-order valence-corrected chi connectivity index (χ2v) is 8.90. The number of hydrogen-bond acceptors (Lipinski definition) is 3. The highest BCUT2D eigenvalue weighted by molar-refractivity contribution is 5.87. The minimum atomic E-state index is -0.371. The van der Waals surface area contributed by atoms with Gasteiger partial charge in [0.2, 0.25) is 0 Å². The van der Waals surface area contributed by atoms with E-state index in [1.165, 1.54) is 103 Å². The molecule has 0 aromatic heterocycles. The van der Waals surface area contributed by atoms with E-state index in [9.17, 15) is 5.11 Å². The van der Waals surface area contributed by atoms with E-state index in [2.05, 4.69) is 24.2 Å². The molecule has 0 saturated heterocycles. The van der Waals surface area contributed by atoms with Crippen LogP contribution in [0, 0.1) is 5.92 Å². The van der Waals surface area contributed by atoms with E-state index in [1.807, 2.05) is 0 Å². The van der Waals surface area contributed by atoms with Crippen molar-refractivity contribution in [2.45, 2.75) is 136 Å². The summed E-state index contributed by atoms with van der Waals surface area (Å²) in [5, 5.41) is 13.7. The van der Waals surface area contributed by atoms with Gasteiger partial charge in [0.15, 0.2) is 0 Å². The summed E-state index contributed by atoms with van der Waals surface area (Å²) in [6.07, 6.45) is 24.4. The molecule has 0 fully saturated rings. The third-order valence-electron chi connectivity index (χ3n) is 6.38. The number of aliphatic imine (C=N–C) groups is 1. The van der Waals surface area contributed by atoms with Crippen LogP contribution in [-0.4, -0.2) is 30.1 Å². The molecule has 28 heavy (non-hydrogen) atoms. The van der Waals surface area contributed by atoms with E-state index < -0.39 is 0 Å². The van der Waals surface area contributed by atoms with Crippen LogP contribution in [0.15, 0.2) is 4.99 Å². The Hall–Kier alpha value is -0.570. The van der Waals surface area contributed by atoms with Crippen molar-refractivity contribution in [1.82, 2.24) is 5.32 Å². The van der Waals surface area contributed by atoms with Crippen LogP contribution in [-0.2, 0) is 0 Å². The van der Waals surface area contributed by atoms with Crippen LogP contribution in [0.1, 0.15) is 129 Å². The van der Waals surface area contributed by atoms with E-state index in [-0.39, 0.29) is 6.10 Å². The van der Waals surface area contributed by atoms with Crippen molar-refractivity contribution >= 4 is 5.84 Å². The molecule has 2 atom stereocenters. The zero-order valence-electron chi connectivity index (χ0n) is 19.2. The third-order valence-corrected chi connectivity index (χ3v) is 6.38. The molecular formula is C25H50N2O. The Labute approximate surface area is 176 Å². The molecule has 0 aromatic rings. The van der Waals surface area contributed by atoms with Crippen molar-refractivity contribution < 1.29 is 5.11 Å². The third kappa shape index (κ3) is 12.8. The van der Waals surface area contributed by atoms with Crippen molar-refractivity contribution in [2.24, 2.45) is 10.9 Å². The Morgan fingerprint density at radius 3 is 1.61 bits per heavy atom. The van der Waals surface area contributed by atoms with Crippen molar-refractivity contribution in [2.75, 3.05) is 13.1 Å². The number of unbranched alkanes of at least 4 members (excludes halogenated alkanes) is 15. The fraction of sp³-hybridized carbons (Fsp3) is 0.960. The molecule has 0 radical (unpaired) electrons. The van der Waals surface area contributed by atoms with Gasteiger partial charge in [-0.15, -0.1) is 0 Å². The van der Waals surface area contributed by atoms with Crippen LogP contribution < -0.4 is 5.32 Å². The van der Waals surface area contributed by atoms with Gasteiger partial charge >= 0.3 is 0 Å². The van der Waals surface area contributed by atoms with Crippen LogP contribution in [0.25, 0.3) is 0 Å². The molecule has 0 aliphatic carbocycles. The van der Waals surface area contributed by atoms with Gasteiger partial charge in [0, 0.05) is 6.54 Å².